The van der Waals surface area contributed by atoms with E-state index in [9.17, 15) is 4.79 Å². The van der Waals surface area contributed by atoms with Crippen molar-refractivity contribution in [2.24, 2.45) is 11.3 Å². The molecule has 0 N–H and O–H groups in total. The molecule has 2 aliphatic carbocycles. The highest BCUT2D eigenvalue weighted by Gasteiger charge is 2.80. The summed E-state index contributed by atoms with van der Waals surface area (Å²) in [7, 11) is 0. The van der Waals surface area contributed by atoms with E-state index in [1.807, 2.05) is 12.2 Å². The molecule has 0 bridgehead atoms. The number of hydrogen-bond donors (Lipinski definition) is 0. The summed E-state index contributed by atoms with van der Waals surface area (Å²) >= 11 is 0. The molecule has 2 fully saturated rings. The van der Waals surface area contributed by atoms with E-state index in [2.05, 4.69) is 26.8 Å². The van der Waals surface area contributed by atoms with Crippen LogP contribution in [-0.2, 0) is 9.53 Å². The Morgan fingerprint density at radius 3 is 2.76 bits per heavy atom. The molecule has 1 saturated carbocycles. The van der Waals surface area contributed by atoms with Gasteiger partial charge in [0.05, 0.1) is 0 Å². The van der Waals surface area contributed by atoms with Crippen LogP contribution in [-0.4, -0.2) is 17.5 Å². The smallest absolute Gasteiger partial charge is 0.149 e. The summed E-state index contributed by atoms with van der Waals surface area (Å²) in [5.41, 5.74) is 0.901. The highest BCUT2D eigenvalue weighted by molar-refractivity contribution is 5.77. The number of aldehydes is 1. The molecule has 2 nitrogen and oxygen atoms in total. The molecule has 1 saturated heterocycles. The Labute approximate surface area is 103 Å². The summed E-state index contributed by atoms with van der Waals surface area (Å²) in [6.45, 7) is 6.78. The van der Waals surface area contributed by atoms with Crippen LogP contribution in [0.3, 0.4) is 0 Å². The fraction of sp³-hybridized carbons (Fsp3) is 0.667. The number of carbonyl (C=O) groups is 1. The van der Waals surface area contributed by atoms with Gasteiger partial charge >= 0.3 is 0 Å². The van der Waals surface area contributed by atoms with Crippen molar-refractivity contribution >= 4 is 6.29 Å². The summed E-state index contributed by atoms with van der Waals surface area (Å²) in [5.74, 6) is 0.545. The Morgan fingerprint density at radius 1 is 1.41 bits per heavy atom. The van der Waals surface area contributed by atoms with E-state index in [0.717, 1.165) is 24.7 Å². The highest BCUT2D eigenvalue weighted by Crippen LogP contribution is 2.73. The molecule has 3 atom stereocenters. The number of allylic oxidation sites excluding steroid dienone is 2. The van der Waals surface area contributed by atoms with Gasteiger partial charge in [-0.25, -0.2) is 0 Å². The monoisotopic (exact) mass is 232 g/mol. The first kappa shape index (κ1) is 11.2. The van der Waals surface area contributed by atoms with Gasteiger partial charge in [-0.2, -0.15) is 0 Å². The van der Waals surface area contributed by atoms with Crippen molar-refractivity contribution in [3.8, 4) is 0 Å². The average Bonchev–Trinajstić information content (AvgIpc) is 2.95. The van der Waals surface area contributed by atoms with E-state index in [1.54, 1.807) is 0 Å². The van der Waals surface area contributed by atoms with Crippen LogP contribution in [0.4, 0.5) is 0 Å². The lowest BCUT2D eigenvalue weighted by molar-refractivity contribution is -0.104. The molecule has 1 heterocycles. The first-order valence-electron chi connectivity index (χ1n) is 6.54. The molecule has 3 rings (SSSR count). The van der Waals surface area contributed by atoms with Crippen molar-refractivity contribution in [1.82, 2.24) is 0 Å². The summed E-state index contributed by atoms with van der Waals surface area (Å²) in [6, 6.07) is 0. The Bertz CT molecular complexity index is 434. The first-order valence-corrected chi connectivity index (χ1v) is 6.54. The lowest BCUT2D eigenvalue weighted by Crippen LogP contribution is -2.35. The third-order valence-electron chi connectivity index (χ3n) is 5.27. The summed E-state index contributed by atoms with van der Waals surface area (Å²) in [6.07, 6.45) is 10.4. The van der Waals surface area contributed by atoms with Crippen LogP contribution >= 0.6 is 0 Å². The maximum atomic E-state index is 10.9. The minimum absolute atomic E-state index is 0.0462. The normalized spacial score (nSPS) is 47.2. The van der Waals surface area contributed by atoms with E-state index < -0.39 is 0 Å². The number of epoxide rings is 1. The van der Waals surface area contributed by atoms with Gasteiger partial charge in [0.1, 0.15) is 17.5 Å². The number of rotatable bonds is 2. The molecular weight excluding hydrogens is 212 g/mol. The predicted molar refractivity (Wildman–Crippen MR) is 66.6 cm³/mol. The molecule has 0 amide bonds. The van der Waals surface area contributed by atoms with Gasteiger partial charge in [0, 0.05) is 11.0 Å². The van der Waals surface area contributed by atoms with Crippen LogP contribution in [0.1, 0.15) is 40.0 Å². The van der Waals surface area contributed by atoms with Gasteiger partial charge in [-0.1, -0.05) is 39.0 Å². The van der Waals surface area contributed by atoms with E-state index in [-0.39, 0.29) is 16.6 Å². The van der Waals surface area contributed by atoms with Crippen LogP contribution in [0.5, 0.6) is 0 Å². The minimum Gasteiger partial charge on any atom is -0.361 e. The van der Waals surface area contributed by atoms with Gasteiger partial charge in [0.25, 0.3) is 0 Å². The van der Waals surface area contributed by atoms with E-state index in [1.165, 1.54) is 6.42 Å². The van der Waals surface area contributed by atoms with Crippen molar-refractivity contribution in [2.75, 3.05) is 0 Å². The number of hydrogen-bond acceptors (Lipinski definition) is 2. The summed E-state index contributed by atoms with van der Waals surface area (Å²) in [4.78, 5) is 10.9. The van der Waals surface area contributed by atoms with E-state index >= 15 is 0 Å². The Hall–Kier alpha value is -0.890. The van der Waals surface area contributed by atoms with Gasteiger partial charge < -0.3 is 4.74 Å². The highest BCUT2D eigenvalue weighted by atomic mass is 16.6. The van der Waals surface area contributed by atoms with Crippen molar-refractivity contribution in [3.05, 3.63) is 23.8 Å². The third-order valence-corrected chi connectivity index (χ3v) is 5.27. The minimum atomic E-state index is -0.0462. The Kier molecular flexibility index (Phi) is 2.05. The van der Waals surface area contributed by atoms with Crippen molar-refractivity contribution in [2.45, 2.75) is 51.2 Å². The lowest BCUT2D eigenvalue weighted by Gasteiger charge is -2.28. The van der Waals surface area contributed by atoms with Gasteiger partial charge in [-0.15, -0.1) is 0 Å². The standard InChI is InChI=1S/C15H20O2/c1-11(2)14-9-8-13(3)6-4-12(10-16)5-7-15(13,14)17-14/h4-6,10-11H,7-9H2,1-3H3/t13-,14-,15-/m0/s1. The predicted octanol–water partition coefficient (Wildman–Crippen LogP) is 3.04. The molecule has 0 unspecified atom stereocenters. The lowest BCUT2D eigenvalue weighted by atomic mass is 9.72. The molecule has 0 aromatic heterocycles. The molecule has 17 heavy (non-hydrogen) atoms. The van der Waals surface area contributed by atoms with Crippen LogP contribution in [0.15, 0.2) is 23.8 Å². The Balaban J connectivity index is 2.04. The molecule has 92 valence electrons. The zero-order valence-electron chi connectivity index (χ0n) is 10.8. The van der Waals surface area contributed by atoms with Crippen LogP contribution in [0.2, 0.25) is 0 Å². The fourth-order valence-electron chi connectivity index (χ4n) is 4.02. The Morgan fingerprint density at radius 2 is 2.18 bits per heavy atom. The fourth-order valence-corrected chi connectivity index (χ4v) is 4.02. The van der Waals surface area contributed by atoms with E-state index in [0.29, 0.717) is 5.92 Å². The van der Waals surface area contributed by atoms with Crippen LogP contribution in [0.25, 0.3) is 0 Å². The summed E-state index contributed by atoms with van der Waals surface area (Å²) < 4.78 is 6.26. The molecule has 0 radical (unpaired) electrons. The summed E-state index contributed by atoms with van der Waals surface area (Å²) in [5, 5.41) is 0. The second-order valence-electron chi connectivity index (χ2n) is 6.25. The second kappa shape index (κ2) is 3.11. The third kappa shape index (κ3) is 1.12. The van der Waals surface area contributed by atoms with Crippen molar-refractivity contribution in [3.63, 3.8) is 0 Å². The van der Waals surface area contributed by atoms with Gasteiger partial charge in [-0.05, 0) is 25.2 Å². The maximum Gasteiger partial charge on any atom is 0.149 e. The van der Waals surface area contributed by atoms with Crippen molar-refractivity contribution < 1.29 is 9.53 Å². The molecule has 0 aromatic rings. The van der Waals surface area contributed by atoms with Gasteiger partial charge in [-0.3, -0.25) is 4.79 Å². The maximum absolute atomic E-state index is 10.9. The molecule has 2 heteroatoms. The molecule has 0 aromatic carbocycles. The molecular formula is C15H20O2. The van der Waals surface area contributed by atoms with Gasteiger partial charge in [0.2, 0.25) is 0 Å². The number of ether oxygens (including phenoxy) is 1. The SMILES string of the molecule is CC(C)[C@@]12CC[C@]3(C)C=CC(C=O)=CC[C@]31O2. The van der Waals surface area contributed by atoms with Crippen LogP contribution < -0.4 is 0 Å². The largest absolute Gasteiger partial charge is 0.361 e. The van der Waals surface area contributed by atoms with E-state index in [4.69, 9.17) is 4.74 Å². The van der Waals surface area contributed by atoms with Gasteiger partial charge in [0.15, 0.2) is 0 Å². The zero-order valence-corrected chi connectivity index (χ0v) is 10.8. The second-order valence-corrected chi connectivity index (χ2v) is 6.25. The number of carbonyl (C=O) groups excluding carboxylic acids is 1. The van der Waals surface area contributed by atoms with Crippen molar-refractivity contribution in [1.29, 1.82) is 0 Å². The average molecular weight is 232 g/mol. The zero-order chi connectivity index (χ0) is 12.3. The topological polar surface area (TPSA) is 29.6 Å². The molecule has 3 aliphatic rings. The molecule has 1 aliphatic heterocycles. The quantitative estimate of drug-likeness (QED) is 0.541. The van der Waals surface area contributed by atoms with Crippen LogP contribution in [0, 0.1) is 11.3 Å². The molecule has 1 spiro atoms. The first-order chi connectivity index (χ1) is 8.00.